The largest absolute Gasteiger partial charge is 0.337 e. The Balaban J connectivity index is 2.38. The fourth-order valence-corrected chi connectivity index (χ4v) is 3.71. The van der Waals surface area contributed by atoms with Crippen LogP contribution in [-0.2, 0) is 23.6 Å². The van der Waals surface area contributed by atoms with Crippen LogP contribution in [0.3, 0.4) is 0 Å². The lowest BCUT2D eigenvalue weighted by Gasteiger charge is -2.24. The van der Waals surface area contributed by atoms with Gasteiger partial charge in [0.05, 0.1) is 12.3 Å². The molecule has 0 aliphatic rings. The molecule has 0 radical (unpaired) electrons. The Morgan fingerprint density at radius 2 is 1.80 bits per heavy atom. The molecule has 0 unspecified atom stereocenters. The van der Waals surface area contributed by atoms with Crippen LogP contribution in [0.25, 0.3) is 0 Å². The summed E-state index contributed by atoms with van der Waals surface area (Å²) in [5.41, 5.74) is 0.980. The summed E-state index contributed by atoms with van der Waals surface area (Å²) in [5.74, 6) is 0.854. The monoisotopic (exact) mass is 292 g/mol. The summed E-state index contributed by atoms with van der Waals surface area (Å²) in [7, 11) is -1.45. The van der Waals surface area contributed by atoms with E-state index in [0.29, 0.717) is 18.8 Å². The Morgan fingerprint density at radius 1 is 1.10 bits per heavy atom. The molecule has 2 rings (SSSR count). The molecule has 1 aromatic heterocycles. The lowest BCUT2D eigenvalue weighted by atomic mass is 10.2. The van der Waals surface area contributed by atoms with E-state index in [1.807, 2.05) is 67.2 Å². The first-order valence-electron chi connectivity index (χ1n) is 6.70. The molecule has 108 valence electrons. The van der Waals surface area contributed by atoms with Gasteiger partial charge in [-0.05, 0) is 24.1 Å². The molecule has 0 saturated carbocycles. The molecular weight excluding hydrogens is 272 g/mol. The number of nitrogens with zero attached hydrogens (tertiary/aromatic N) is 2. The van der Waals surface area contributed by atoms with E-state index < -0.39 is 10.0 Å². The number of sulfonamides is 1. The molecule has 0 atom stereocenters. The van der Waals surface area contributed by atoms with Crippen LogP contribution in [0.5, 0.6) is 0 Å². The molecule has 1 heterocycles. The van der Waals surface area contributed by atoms with Crippen molar-refractivity contribution in [3.05, 3.63) is 54.2 Å². The normalized spacial score (nSPS) is 11.5. The predicted octanol–water partition coefficient (Wildman–Crippen LogP) is 2.77. The maximum absolute atomic E-state index is 12.5. The van der Waals surface area contributed by atoms with E-state index in [9.17, 15) is 8.42 Å². The van der Waals surface area contributed by atoms with Gasteiger partial charge in [0, 0.05) is 13.2 Å². The molecule has 4 nitrogen and oxygen atoms in total. The summed E-state index contributed by atoms with van der Waals surface area (Å²) in [6, 6.07) is 13.3. The molecule has 2 aromatic rings. The van der Waals surface area contributed by atoms with Crippen LogP contribution in [0, 0.1) is 0 Å². The van der Waals surface area contributed by atoms with Crippen LogP contribution >= 0.6 is 0 Å². The summed E-state index contributed by atoms with van der Waals surface area (Å²) in [6.45, 7) is 2.24. The van der Waals surface area contributed by atoms with Crippen LogP contribution in [-0.4, -0.2) is 18.7 Å². The van der Waals surface area contributed by atoms with Crippen molar-refractivity contribution in [3.8, 4) is 0 Å². The number of hydrogen-bond acceptors (Lipinski definition) is 2. The number of rotatable bonds is 6. The van der Waals surface area contributed by atoms with Gasteiger partial charge in [0.25, 0.3) is 0 Å². The number of aromatic nitrogens is 1. The number of benzene rings is 1. The zero-order valence-corrected chi connectivity index (χ0v) is 12.7. The van der Waals surface area contributed by atoms with Crippen LogP contribution in [0.4, 0.5) is 5.82 Å². The van der Waals surface area contributed by atoms with Crippen molar-refractivity contribution in [2.24, 2.45) is 7.05 Å². The van der Waals surface area contributed by atoms with E-state index in [-0.39, 0.29) is 5.75 Å². The van der Waals surface area contributed by atoms with Crippen molar-refractivity contribution in [1.29, 1.82) is 0 Å². The number of anilines is 1. The first-order valence-corrected chi connectivity index (χ1v) is 8.31. The molecule has 0 spiro atoms. The van der Waals surface area contributed by atoms with Gasteiger partial charge in [0.15, 0.2) is 0 Å². The Bertz CT molecular complexity index is 648. The van der Waals surface area contributed by atoms with Crippen molar-refractivity contribution in [1.82, 2.24) is 4.57 Å². The second-order valence-electron chi connectivity index (χ2n) is 4.79. The van der Waals surface area contributed by atoms with Crippen molar-refractivity contribution in [2.45, 2.75) is 19.9 Å². The zero-order valence-electron chi connectivity index (χ0n) is 11.9. The van der Waals surface area contributed by atoms with Crippen molar-refractivity contribution in [2.75, 3.05) is 10.1 Å². The summed E-state index contributed by atoms with van der Waals surface area (Å²) in [6.07, 6.45) is 2.47. The van der Waals surface area contributed by atoms with Gasteiger partial charge in [0.2, 0.25) is 10.0 Å². The highest BCUT2D eigenvalue weighted by Gasteiger charge is 2.23. The van der Waals surface area contributed by atoms with E-state index in [2.05, 4.69) is 0 Å². The Labute approximate surface area is 120 Å². The summed E-state index contributed by atoms with van der Waals surface area (Å²) >= 11 is 0. The Morgan fingerprint density at radius 3 is 2.35 bits per heavy atom. The Kier molecular flexibility index (Phi) is 4.49. The maximum atomic E-state index is 12.5. The maximum Gasteiger partial charge on any atom is 0.236 e. The van der Waals surface area contributed by atoms with E-state index >= 15 is 0 Å². The zero-order chi connectivity index (χ0) is 14.6. The van der Waals surface area contributed by atoms with Gasteiger partial charge >= 0.3 is 0 Å². The quantitative estimate of drug-likeness (QED) is 0.821. The topological polar surface area (TPSA) is 42.3 Å². The summed E-state index contributed by atoms with van der Waals surface area (Å²) in [4.78, 5) is 0. The van der Waals surface area contributed by atoms with Gasteiger partial charge in [-0.1, -0.05) is 37.3 Å². The fourth-order valence-electron chi connectivity index (χ4n) is 2.15. The minimum absolute atomic E-state index is 0.158. The molecule has 0 fully saturated rings. The van der Waals surface area contributed by atoms with Gasteiger partial charge < -0.3 is 4.57 Å². The molecule has 20 heavy (non-hydrogen) atoms. The van der Waals surface area contributed by atoms with E-state index in [1.54, 1.807) is 0 Å². The van der Waals surface area contributed by atoms with Gasteiger partial charge in [-0.15, -0.1) is 0 Å². The van der Waals surface area contributed by atoms with Crippen LogP contribution < -0.4 is 4.31 Å². The second kappa shape index (κ2) is 6.13. The van der Waals surface area contributed by atoms with Crippen LogP contribution in [0.2, 0.25) is 0 Å². The van der Waals surface area contributed by atoms with Crippen molar-refractivity contribution < 1.29 is 8.42 Å². The highest BCUT2D eigenvalue weighted by molar-refractivity contribution is 7.92. The van der Waals surface area contributed by atoms with Gasteiger partial charge in [-0.2, -0.15) is 0 Å². The molecule has 5 heteroatoms. The molecule has 0 aliphatic carbocycles. The third kappa shape index (κ3) is 3.22. The summed E-state index contributed by atoms with van der Waals surface area (Å²) in [5, 5.41) is 0. The molecule has 0 N–H and O–H groups in total. The number of aryl methyl sites for hydroxylation is 1. The Hall–Kier alpha value is -1.75. The molecule has 0 aliphatic heterocycles. The standard InChI is InChI=1S/C15H20N2O2S/c1-3-12-20(18,19)17(15-10-7-11-16(15)2)13-14-8-5-4-6-9-14/h4-11H,3,12-13H2,1-2H3. The van der Waals surface area contributed by atoms with Gasteiger partial charge in [0.1, 0.15) is 5.82 Å². The first-order chi connectivity index (χ1) is 9.54. The van der Waals surface area contributed by atoms with E-state index in [4.69, 9.17) is 0 Å². The van der Waals surface area contributed by atoms with Crippen LogP contribution in [0.15, 0.2) is 48.7 Å². The van der Waals surface area contributed by atoms with Crippen molar-refractivity contribution in [3.63, 3.8) is 0 Å². The molecule has 0 bridgehead atoms. The number of hydrogen-bond donors (Lipinski definition) is 0. The average molecular weight is 292 g/mol. The highest BCUT2D eigenvalue weighted by Crippen LogP contribution is 2.21. The lowest BCUT2D eigenvalue weighted by molar-refractivity contribution is 0.587. The second-order valence-corrected chi connectivity index (χ2v) is 6.80. The minimum Gasteiger partial charge on any atom is -0.337 e. The van der Waals surface area contributed by atoms with Gasteiger partial charge in [-0.25, -0.2) is 8.42 Å². The average Bonchev–Trinajstić information content (AvgIpc) is 2.83. The molecular formula is C15H20N2O2S. The van der Waals surface area contributed by atoms with Gasteiger partial charge in [-0.3, -0.25) is 4.31 Å². The summed E-state index contributed by atoms with van der Waals surface area (Å²) < 4.78 is 28.3. The highest BCUT2D eigenvalue weighted by atomic mass is 32.2. The van der Waals surface area contributed by atoms with Crippen LogP contribution in [0.1, 0.15) is 18.9 Å². The third-order valence-corrected chi connectivity index (χ3v) is 5.05. The molecule has 0 amide bonds. The third-order valence-electron chi connectivity index (χ3n) is 3.14. The fraction of sp³-hybridized carbons (Fsp3) is 0.333. The minimum atomic E-state index is -3.30. The smallest absolute Gasteiger partial charge is 0.236 e. The molecule has 0 saturated heterocycles. The van der Waals surface area contributed by atoms with E-state index in [1.165, 1.54) is 4.31 Å². The predicted molar refractivity (Wildman–Crippen MR) is 82.1 cm³/mol. The molecule has 1 aromatic carbocycles. The lowest BCUT2D eigenvalue weighted by Crippen LogP contribution is -2.33. The van der Waals surface area contributed by atoms with E-state index in [0.717, 1.165) is 5.56 Å². The first kappa shape index (κ1) is 14.7. The SMILES string of the molecule is CCCS(=O)(=O)N(Cc1ccccc1)c1cccn1C. The van der Waals surface area contributed by atoms with Crippen molar-refractivity contribution >= 4 is 15.8 Å².